The van der Waals surface area contributed by atoms with E-state index in [4.69, 9.17) is 5.11 Å². The van der Waals surface area contributed by atoms with E-state index >= 15 is 0 Å². The van der Waals surface area contributed by atoms with Gasteiger partial charge in [-0.05, 0) is 32.2 Å². The fourth-order valence-electron chi connectivity index (χ4n) is 2.49. The number of halogens is 1. The number of hydrogen-bond donors (Lipinski definition) is 1. The van der Waals surface area contributed by atoms with Gasteiger partial charge in [0.25, 0.3) is 0 Å². The number of carboxylic acids is 1. The van der Waals surface area contributed by atoms with Gasteiger partial charge in [-0.2, -0.15) is 4.31 Å². The Kier molecular flexibility index (Phi) is 4.31. The summed E-state index contributed by atoms with van der Waals surface area (Å²) in [5, 5.41) is 9.11. The lowest BCUT2D eigenvalue weighted by molar-refractivity contribution is 0.0692. The summed E-state index contributed by atoms with van der Waals surface area (Å²) >= 11 is 0. The molecule has 21 heavy (non-hydrogen) atoms. The highest BCUT2D eigenvalue weighted by Gasteiger charge is 2.35. The molecule has 0 spiro atoms. The van der Waals surface area contributed by atoms with E-state index in [9.17, 15) is 17.6 Å². The van der Waals surface area contributed by atoms with Crippen LogP contribution in [0.25, 0.3) is 0 Å². The van der Waals surface area contributed by atoms with Crippen LogP contribution in [0.5, 0.6) is 0 Å². The van der Waals surface area contributed by atoms with Crippen LogP contribution in [0, 0.1) is 5.82 Å². The van der Waals surface area contributed by atoms with Gasteiger partial charge in [0, 0.05) is 25.7 Å². The largest absolute Gasteiger partial charge is 0.478 e. The molecule has 0 aromatic heterocycles. The standard InChI is InChI=1S/C13H17FN2O4S/c1-9-8-15(2)5-6-16(9)21(19,20)12-7-10(14)3-4-11(12)13(17)18/h3-4,7,9H,5-6,8H2,1-2H3,(H,17,18). The number of carbonyl (C=O) groups is 1. The molecule has 0 amide bonds. The summed E-state index contributed by atoms with van der Waals surface area (Å²) in [5.74, 6) is -2.17. The molecule has 1 fully saturated rings. The van der Waals surface area contributed by atoms with Crippen LogP contribution in [0.1, 0.15) is 17.3 Å². The monoisotopic (exact) mass is 316 g/mol. The molecule has 8 heteroatoms. The quantitative estimate of drug-likeness (QED) is 0.894. The Morgan fingerprint density at radius 3 is 2.62 bits per heavy atom. The summed E-state index contributed by atoms with van der Waals surface area (Å²) in [7, 11) is -2.17. The maximum atomic E-state index is 13.4. The minimum atomic E-state index is -4.05. The lowest BCUT2D eigenvalue weighted by Gasteiger charge is -2.37. The van der Waals surface area contributed by atoms with E-state index in [0.29, 0.717) is 13.1 Å². The molecule has 1 aliphatic rings. The average Bonchev–Trinajstić information content (AvgIpc) is 2.37. The minimum absolute atomic E-state index is 0.246. The zero-order chi connectivity index (χ0) is 15.8. The van der Waals surface area contributed by atoms with Gasteiger partial charge in [0.05, 0.1) is 10.5 Å². The normalized spacial score (nSPS) is 21.4. The van der Waals surface area contributed by atoms with E-state index in [-0.39, 0.29) is 12.6 Å². The van der Waals surface area contributed by atoms with Crippen molar-refractivity contribution in [1.29, 1.82) is 0 Å². The molecular weight excluding hydrogens is 299 g/mol. The van der Waals surface area contributed by atoms with Crippen molar-refractivity contribution in [3.63, 3.8) is 0 Å². The molecule has 1 heterocycles. The predicted molar refractivity (Wildman–Crippen MR) is 74.2 cm³/mol. The first-order valence-corrected chi connectivity index (χ1v) is 7.90. The van der Waals surface area contributed by atoms with Crippen molar-refractivity contribution < 1.29 is 22.7 Å². The van der Waals surface area contributed by atoms with Crippen molar-refractivity contribution >= 4 is 16.0 Å². The second-order valence-corrected chi connectivity index (χ2v) is 7.03. The molecule has 1 atom stereocenters. The first-order chi connectivity index (χ1) is 9.73. The molecule has 1 saturated heterocycles. The number of likely N-dealkylation sites (N-methyl/N-ethyl adjacent to an activating group) is 1. The Morgan fingerprint density at radius 1 is 1.38 bits per heavy atom. The van der Waals surface area contributed by atoms with E-state index in [2.05, 4.69) is 0 Å². The Hall–Kier alpha value is -1.51. The summed E-state index contributed by atoms with van der Waals surface area (Å²) in [5.41, 5.74) is -0.414. The third-order valence-electron chi connectivity index (χ3n) is 3.53. The summed E-state index contributed by atoms with van der Waals surface area (Å²) in [6.07, 6.45) is 0. The van der Waals surface area contributed by atoms with Crippen molar-refractivity contribution in [2.75, 3.05) is 26.7 Å². The topological polar surface area (TPSA) is 77.9 Å². The van der Waals surface area contributed by atoms with Gasteiger partial charge in [0.2, 0.25) is 10.0 Å². The minimum Gasteiger partial charge on any atom is -0.478 e. The van der Waals surface area contributed by atoms with Gasteiger partial charge >= 0.3 is 5.97 Å². The fraction of sp³-hybridized carbons (Fsp3) is 0.462. The van der Waals surface area contributed by atoms with Gasteiger partial charge in [0.15, 0.2) is 0 Å². The molecule has 1 unspecified atom stereocenters. The van der Waals surface area contributed by atoms with Crippen LogP contribution in [0.3, 0.4) is 0 Å². The highest BCUT2D eigenvalue weighted by molar-refractivity contribution is 7.89. The van der Waals surface area contributed by atoms with E-state index < -0.39 is 32.3 Å². The van der Waals surface area contributed by atoms with Crippen molar-refractivity contribution in [1.82, 2.24) is 9.21 Å². The van der Waals surface area contributed by atoms with E-state index in [0.717, 1.165) is 18.2 Å². The third-order valence-corrected chi connectivity index (χ3v) is 5.58. The van der Waals surface area contributed by atoms with Crippen LogP contribution in [-0.4, -0.2) is 61.4 Å². The first kappa shape index (κ1) is 15.9. The second-order valence-electron chi connectivity index (χ2n) is 5.17. The number of benzene rings is 1. The van der Waals surface area contributed by atoms with Gasteiger partial charge in [-0.1, -0.05) is 0 Å². The van der Waals surface area contributed by atoms with Gasteiger partial charge < -0.3 is 10.0 Å². The summed E-state index contributed by atoms with van der Waals surface area (Å²) < 4.78 is 39.9. The fourth-order valence-corrected chi connectivity index (χ4v) is 4.30. The van der Waals surface area contributed by atoms with Crippen molar-refractivity contribution in [3.8, 4) is 0 Å². The molecular formula is C13H17FN2O4S. The van der Waals surface area contributed by atoms with Gasteiger partial charge in [-0.25, -0.2) is 17.6 Å². The molecule has 1 aromatic carbocycles. The highest BCUT2D eigenvalue weighted by Crippen LogP contribution is 2.25. The number of rotatable bonds is 3. The van der Waals surface area contributed by atoms with Gasteiger partial charge in [-0.3, -0.25) is 0 Å². The number of nitrogens with zero attached hydrogens (tertiary/aromatic N) is 2. The Balaban J connectivity index is 2.49. The van der Waals surface area contributed by atoms with E-state index in [1.54, 1.807) is 6.92 Å². The Bertz CT molecular complexity index is 662. The van der Waals surface area contributed by atoms with E-state index in [1.807, 2.05) is 11.9 Å². The summed E-state index contributed by atoms with van der Waals surface area (Å²) in [4.78, 5) is 12.7. The maximum absolute atomic E-state index is 13.4. The predicted octanol–water partition coefficient (Wildman–Crippen LogP) is 0.848. The van der Waals surface area contributed by atoms with Crippen LogP contribution in [0.4, 0.5) is 4.39 Å². The Labute approximate surface area is 122 Å². The molecule has 6 nitrogen and oxygen atoms in total. The van der Waals surface area contributed by atoms with E-state index in [1.165, 1.54) is 4.31 Å². The molecule has 1 N–H and O–H groups in total. The Morgan fingerprint density at radius 2 is 2.05 bits per heavy atom. The lowest BCUT2D eigenvalue weighted by Crippen LogP contribution is -2.52. The van der Waals surface area contributed by atoms with Crippen LogP contribution in [-0.2, 0) is 10.0 Å². The van der Waals surface area contributed by atoms with Crippen molar-refractivity contribution in [3.05, 3.63) is 29.6 Å². The first-order valence-electron chi connectivity index (χ1n) is 6.46. The third kappa shape index (κ3) is 3.07. The summed E-state index contributed by atoms with van der Waals surface area (Å²) in [6.45, 7) is 3.07. The average molecular weight is 316 g/mol. The molecule has 1 aliphatic heterocycles. The van der Waals surface area contributed by atoms with Gasteiger partial charge in [0.1, 0.15) is 5.82 Å². The van der Waals surface area contributed by atoms with Crippen LogP contribution in [0.15, 0.2) is 23.1 Å². The lowest BCUT2D eigenvalue weighted by atomic mass is 10.2. The molecule has 0 bridgehead atoms. The number of hydrogen-bond acceptors (Lipinski definition) is 4. The van der Waals surface area contributed by atoms with Crippen LogP contribution >= 0.6 is 0 Å². The number of aromatic carboxylic acids is 1. The zero-order valence-electron chi connectivity index (χ0n) is 11.8. The highest BCUT2D eigenvalue weighted by atomic mass is 32.2. The molecule has 1 aromatic rings. The van der Waals surface area contributed by atoms with Crippen molar-refractivity contribution in [2.24, 2.45) is 0 Å². The zero-order valence-corrected chi connectivity index (χ0v) is 12.6. The smallest absolute Gasteiger partial charge is 0.337 e. The van der Waals surface area contributed by atoms with Crippen molar-refractivity contribution in [2.45, 2.75) is 17.9 Å². The molecule has 116 valence electrons. The molecule has 0 radical (unpaired) electrons. The molecule has 0 saturated carbocycles. The number of piperazine rings is 1. The second kappa shape index (κ2) is 5.70. The molecule has 2 rings (SSSR count). The SMILES string of the molecule is CC1CN(C)CCN1S(=O)(=O)c1cc(F)ccc1C(=O)O. The maximum Gasteiger partial charge on any atom is 0.337 e. The van der Waals surface area contributed by atoms with Crippen LogP contribution < -0.4 is 0 Å². The number of sulfonamides is 1. The summed E-state index contributed by atoms with van der Waals surface area (Å²) in [6, 6.07) is 2.38. The number of carboxylic acid groups (broad SMARTS) is 1. The van der Waals surface area contributed by atoms with Gasteiger partial charge in [-0.15, -0.1) is 0 Å². The van der Waals surface area contributed by atoms with Crippen LogP contribution in [0.2, 0.25) is 0 Å². The molecule has 0 aliphatic carbocycles.